The summed E-state index contributed by atoms with van der Waals surface area (Å²) in [5, 5.41) is 3.66. The van der Waals surface area contributed by atoms with Crippen molar-refractivity contribution < 1.29 is 13.2 Å². The standard InChI is InChI=1S/C23H22Cl2N2O3S/c1-15-6-4-9-22(16(15)2)26-23(28)17-10-12-18(13-11-17)27(31(3,29)30)14-19-20(24)7-5-8-21(19)25/h4-13H,14H2,1-3H3,(H,26,28). The fourth-order valence-corrected chi connectivity index (χ4v) is 4.47. The molecule has 0 heterocycles. The predicted octanol–water partition coefficient (Wildman–Crippen LogP) is 5.83. The summed E-state index contributed by atoms with van der Waals surface area (Å²) >= 11 is 12.4. The molecule has 0 saturated heterocycles. The molecule has 3 rings (SSSR count). The Bertz CT molecular complexity index is 1210. The fourth-order valence-electron chi connectivity index (χ4n) is 3.09. The molecule has 0 atom stereocenters. The van der Waals surface area contributed by atoms with Gasteiger partial charge in [0.15, 0.2) is 0 Å². The van der Waals surface area contributed by atoms with Gasteiger partial charge in [-0.2, -0.15) is 0 Å². The molecular formula is C23H22Cl2N2O3S. The fraction of sp³-hybridized carbons (Fsp3) is 0.174. The summed E-state index contributed by atoms with van der Waals surface area (Å²) in [4.78, 5) is 12.7. The van der Waals surface area contributed by atoms with E-state index in [1.165, 1.54) is 4.31 Å². The molecule has 0 bridgehead atoms. The van der Waals surface area contributed by atoms with Gasteiger partial charge in [0, 0.05) is 26.9 Å². The van der Waals surface area contributed by atoms with Crippen molar-refractivity contribution in [1.29, 1.82) is 0 Å². The maximum Gasteiger partial charge on any atom is 0.255 e. The molecule has 1 amide bonds. The van der Waals surface area contributed by atoms with E-state index in [2.05, 4.69) is 5.32 Å². The smallest absolute Gasteiger partial charge is 0.255 e. The molecule has 0 fully saturated rings. The van der Waals surface area contributed by atoms with Gasteiger partial charge in [0.25, 0.3) is 5.91 Å². The lowest BCUT2D eigenvalue weighted by molar-refractivity contribution is 0.102. The van der Waals surface area contributed by atoms with E-state index in [-0.39, 0.29) is 12.5 Å². The number of sulfonamides is 1. The second kappa shape index (κ2) is 9.30. The number of rotatable bonds is 6. The third-order valence-electron chi connectivity index (χ3n) is 5.03. The van der Waals surface area contributed by atoms with Gasteiger partial charge in [-0.15, -0.1) is 0 Å². The molecule has 1 N–H and O–H groups in total. The van der Waals surface area contributed by atoms with Crippen molar-refractivity contribution in [3.8, 4) is 0 Å². The maximum atomic E-state index is 12.7. The van der Waals surface area contributed by atoms with E-state index in [4.69, 9.17) is 23.2 Å². The van der Waals surface area contributed by atoms with Crippen LogP contribution in [0.2, 0.25) is 10.0 Å². The number of carbonyl (C=O) groups excluding carboxylic acids is 1. The molecule has 31 heavy (non-hydrogen) atoms. The minimum absolute atomic E-state index is 0.0225. The number of carbonyl (C=O) groups is 1. The first-order valence-corrected chi connectivity index (χ1v) is 12.1. The van der Waals surface area contributed by atoms with Crippen LogP contribution in [-0.2, 0) is 16.6 Å². The normalized spacial score (nSPS) is 11.3. The molecule has 0 spiro atoms. The van der Waals surface area contributed by atoms with E-state index in [0.29, 0.717) is 26.9 Å². The van der Waals surface area contributed by atoms with Crippen LogP contribution in [0.25, 0.3) is 0 Å². The molecule has 0 aromatic heterocycles. The molecule has 0 unspecified atom stereocenters. The zero-order valence-electron chi connectivity index (χ0n) is 17.3. The zero-order chi connectivity index (χ0) is 22.8. The molecule has 0 aliphatic rings. The summed E-state index contributed by atoms with van der Waals surface area (Å²) in [7, 11) is -3.63. The van der Waals surface area contributed by atoms with Gasteiger partial charge in [-0.3, -0.25) is 9.10 Å². The Morgan fingerprint density at radius 1 is 0.935 bits per heavy atom. The van der Waals surface area contributed by atoms with Crippen LogP contribution >= 0.6 is 23.2 Å². The number of benzene rings is 3. The Morgan fingerprint density at radius 2 is 1.52 bits per heavy atom. The molecule has 3 aromatic rings. The second-order valence-electron chi connectivity index (χ2n) is 7.22. The first-order valence-electron chi connectivity index (χ1n) is 9.46. The van der Waals surface area contributed by atoms with Crippen molar-refractivity contribution >= 4 is 50.5 Å². The van der Waals surface area contributed by atoms with Gasteiger partial charge in [-0.25, -0.2) is 8.42 Å². The maximum absolute atomic E-state index is 12.7. The Balaban J connectivity index is 1.86. The lowest BCUT2D eigenvalue weighted by atomic mass is 10.1. The third-order valence-corrected chi connectivity index (χ3v) is 6.88. The van der Waals surface area contributed by atoms with Gasteiger partial charge >= 0.3 is 0 Å². The van der Waals surface area contributed by atoms with Crippen molar-refractivity contribution in [3.05, 3.63) is 93.0 Å². The lowest BCUT2D eigenvalue weighted by Crippen LogP contribution is -2.29. The number of anilines is 2. The number of hydrogen-bond acceptors (Lipinski definition) is 3. The van der Waals surface area contributed by atoms with Crippen molar-refractivity contribution in [2.24, 2.45) is 0 Å². The van der Waals surface area contributed by atoms with Crippen LogP contribution in [-0.4, -0.2) is 20.6 Å². The van der Waals surface area contributed by atoms with Crippen LogP contribution in [0, 0.1) is 13.8 Å². The number of aryl methyl sites for hydroxylation is 1. The van der Waals surface area contributed by atoms with Crippen LogP contribution in [0.1, 0.15) is 27.0 Å². The molecule has 5 nitrogen and oxygen atoms in total. The van der Waals surface area contributed by atoms with Crippen molar-refractivity contribution in [3.63, 3.8) is 0 Å². The topological polar surface area (TPSA) is 66.5 Å². The quantitative estimate of drug-likeness (QED) is 0.486. The molecule has 0 aliphatic carbocycles. The average Bonchev–Trinajstić information content (AvgIpc) is 2.70. The van der Waals surface area contributed by atoms with Gasteiger partial charge in [0.1, 0.15) is 0 Å². The number of nitrogens with zero attached hydrogens (tertiary/aromatic N) is 1. The minimum atomic E-state index is -3.63. The van der Waals surface area contributed by atoms with E-state index in [1.54, 1.807) is 42.5 Å². The molecule has 0 aliphatic heterocycles. The monoisotopic (exact) mass is 476 g/mol. The highest BCUT2D eigenvalue weighted by molar-refractivity contribution is 7.92. The third kappa shape index (κ3) is 5.39. The summed E-state index contributed by atoms with van der Waals surface area (Å²) in [6.07, 6.45) is 1.11. The highest BCUT2D eigenvalue weighted by Crippen LogP contribution is 2.29. The van der Waals surface area contributed by atoms with Crippen LogP contribution in [0.15, 0.2) is 60.7 Å². The van der Waals surface area contributed by atoms with Gasteiger partial charge < -0.3 is 5.32 Å². The van der Waals surface area contributed by atoms with E-state index >= 15 is 0 Å². The van der Waals surface area contributed by atoms with Gasteiger partial charge in [-0.05, 0) is 67.4 Å². The van der Waals surface area contributed by atoms with Gasteiger partial charge in [-0.1, -0.05) is 41.4 Å². The molecule has 3 aromatic carbocycles. The largest absolute Gasteiger partial charge is 0.322 e. The van der Waals surface area contributed by atoms with Crippen LogP contribution in [0.3, 0.4) is 0 Å². The molecule has 162 valence electrons. The summed E-state index contributed by atoms with van der Waals surface area (Å²) in [6.45, 7) is 3.90. The second-order valence-corrected chi connectivity index (χ2v) is 9.94. The highest BCUT2D eigenvalue weighted by Gasteiger charge is 2.21. The van der Waals surface area contributed by atoms with Crippen LogP contribution < -0.4 is 9.62 Å². The number of nitrogens with one attached hydrogen (secondary N) is 1. The Kier molecular flexibility index (Phi) is 6.94. The summed E-state index contributed by atoms with van der Waals surface area (Å²) in [5.74, 6) is -0.277. The van der Waals surface area contributed by atoms with Crippen molar-refractivity contribution in [1.82, 2.24) is 0 Å². The number of halogens is 2. The summed E-state index contributed by atoms with van der Waals surface area (Å²) in [5.41, 5.74) is 4.13. The van der Waals surface area contributed by atoms with Gasteiger partial charge in [0.05, 0.1) is 18.5 Å². The van der Waals surface area contributed by atoms with Crippen LogP contribution in [0.5, 0.6) is 0 Å². The summed E-state index contributed by atoms with van der Waals surface area (Å²) in [6, 6.07) is 17.1. The van der Waals surface area contributed by atoms with Crippen molar-refractivity contribution in [2.75, 3.05) is 15.9 Å². The lowest BCUT2D eigenvalue weighted by Gasteiger charge is -2.23. The average molecular weight is 477 g/mol. The first-order chi connectivity index (χ1) is 14.6. The number of amides is 1. The molecule has 8 heteroatoms. The molecule has 0 radical (unpaired) electrons. The summed E-state index contributed by atoms with van der Waals surface area (Å²) < 4.78 is 26.1. The van der Waals surface area contributed by atoms with E-state index in [0.717, 1.165) is 23.1 Å². The van der Waals surface area contributed by atoms with E-state index in [1.807, 2.05) is 32.0 Å². The van der Waals surface area contributed by atoms with Crippen molar-refractivity contribution in [2.45, 2.75) is 20.4 Å². The first kappa shape index (κ1) is 23.1. The Hall–Kier alpha value is -2.54. The predicted molar refractivity (Wildman–Crippen MR) is 128 cm³/mol. The number of hydrogen-bond donors (Lipinski definition) is 1. The Labute approximate surface area is 192 Å². The molecular weight excluding hydrogens is 455 g/mol. The molecule has 0 saturated carbocycles. The van der Waals surface area contributed by atoms with E-state index < -0.39 is 10.0 Å². The highest BCUT2D eigenvalue weighted by atomic mass is 35.5. The minimum Gasteiger partial charge on any atom is -0.322 e. The van der Waals surface area contributed by atoms with E-state index in [9.17, 15) is 13.2 Å². The SMILES string of the molecule is Cc1cccc(NC(=O)c2ccc(N(Cc3c(Cl)cccc3Cl)S(C)(=O)=O)cc2)c1C. The van der Waals surface area contributed by atoms with Gasteiger partial charge in [0.2, 0.25) is 10.0 Å². The zero-order valence-corrected chi connectivity index (χ0v) is 19.6. The Morgan fingerprint density at radius 3 is 2.10 bits per heavy atom. The van der Waals surface area contributed by atoms with Crippen LogP contribution in [0.4, 0.5) is 11.4 Å².